The summed E-state index contributed by atoms with van der Waals surface area (Å²) in [7, 11) is 0. The average Bonchev–Trinajstić information content (AvgIpc) is 2.73. The maximum absolute atomic E-state index is 12.8. The molecule has 0 bridgehead atoms. The minimum atomic E-state index is -0.139. The molecule has 3 unspecified atom stereocenters. The number of carbonyl (C=O) groups is 2. The Labute approximate surface area is 182 Å². The molecule has 0 radical (unpaired) electrons. The predicted molar refractivity (Wildman–Crippen MR) is 124 cm³/mol. The van der Waals surface area contributed by atoms with Crippen LogP contribution in [-0.2, 0) is 4.79 Å². The molecule has 2 aromatic rings. The van der Waals surface area contributed by atoms with Crippen molar-refractivity contribution in [1.82, 2.24) is 5.32 Å². The van der Waals surface area contributed by atoms with Gasteiger partial charge in [-0.15, -0.1) is 0 Å². The first-order chi connectivity index (χ1) is 14.4. The lowest BCUT2D eigenvalue weighted by Gasteiger charge is -2.34. The molecule has 2 amide bonds. The summed E-state index contributed by atoms with van der Waals surface area (Å²) >= 11 is 1.44. The monoisotopic (exact) mass is 420 g/mol. The first-order valence-corrected chi connectivity index (χ1v) is 11.4. The average molecular weight is 421 g/mol. The Hall–Kier alpha value is -2.53. The van der Waals surface area contributed by atoms with E-state index in [-0.39, 0.29) is 17.9 Å². The molecule has 4 nitrogen and oxygen atoms in total. The third-order valence-electron chi connectivity index (χ3n) is 6.33. The molecule has 4 rings (SSSR count). The van der Waals surface area contributed by atoms with Crippen LogP contribution < -0.4 is 10.6 Å². The Balaban J connectivity index is 1.49. The Morgan fingerprint density at radius 2 is 1.90 bits per heavy atom. The molecular formula is C25H28N2O2S. The first kappa shape index (κ1) is 20.7. The van der Waals surface area contributed by atoms with Gasteiger partial charge in [0.1, 0.15) is 0 Å². The van der Waals surface area contributed by atoms with E-state index < -0.39 is 0 Å². The molecule has 3 atom stereocenters. The Bertz CT molecular complexity index is 997. The van der Waals surface area contributed by atoms with Gasteiger partial charge in [-0.25, -0.2) is 0 Å². The predicted octanol–water partition coefficient (Wildman–Crippen LogP) is 5.63. The number of carbonyl (C=O) groups excluding carboxylic acids is 2. The smallest absolute Gasteiger partial charge is 0.262 e. The number of amides is 2. The Morgan fingerprint density at radius 1 is 1.13 bits per heavy atom. The zero-order chi connectivity index (χ0) is 21.3. The molecule has 5 heteroatoms. The molecule has 30 heavy (non-hydrogen) atoms. The van der Waals surface area contributed by atoms with Crippen molar-refractivity contribution >= 4 is 35.3 Å². The zero-order valence-corrected chi connectivity index (χ0v) is 18.5. The molecule has 2 aromatic carbocycles. The molecular weight excluding hydrogens is 392 g/mol. The van der Waals surface area contributed by atoms with Crippen LogP contribution in [0, 0.1) is 18.8 Å². The number of thioether (sulfide) groups is 1. The lowest BCUT2D eigenvalue weighted by Crippen LogP contribution is -2.43. The summed E-state index contributed by atoms with van der Waals surface area (Å²) in [5.41, 5.74) is 3.47. The highest BCUT2D eigenvalue weighted by Crippen LogP contribution is 2.39. The van der Waals surface area contributed by atoms with Gasteiger partial charge in [-0.3, -0.25) is 9.59 Å². The third-order valence-corrected chi connectivity index (χ3v) is 7.43. The van der Waals surface area contributed by atoms with Gasteiger partial charge >= 0.3 is 0 Å². The number of hydrogen-bond acceptors (Lipinski definition) is 3. The van der Waals surface area contributed by atoms with Crippen molar-refractivity contribution in [3.63, 3.8) is 0 Å². The van der Waals surface area contributed by atoms with Crippen molar-refractivity contribution in [3.8, 4) is 0 Å². The molecule has 1 saturated carbocycles. The van der Waals surface area contributed by atoms with E-state index in [1.807, 2.05) is 49.4 Å². The van der Waals surface area contributed by atoms with Crippen LogP contribution in [0.1, 0.15) is 54.6 Å². The molecule has 1 aliphatic carbocycles. The van der Waals surface area contributed by atoms with Gasteiger partial charge in [0, 0.05) is 16.5 Å². The van der Waals surface area contributed by atoms with Gasteiger partial charge in [0.25, 0.3) is 11.8 Å². The maximum atomic E-state index is 12.8. The molecule has 0 spiro atoms. The normalized spacial score (nSPS) is 24.8. The summed E-state index contributed by atoms with van der Waals surface area (Å²) in [5, 5.41) is 6.16. The molecule has 156 valence electrons. The number of nitrogens with one attached hydrogen (secondary N) is 2. The molecule has 1 aliphatic heterocycles. The SMILES string of the molecule is Cc1ccc(/C=C2/Sc3ccc(C(=O)NC4CCCC(C)C4C)cc3NC2=O)cc1. The largest absolute Gasteiger partial charge is 0.349 e. The number of anilines is 1. The van der Waals surface area contributed by atoms with Gasteiger partial charge in [-0.2, -0.15) is 0 Å². The van der Waals surface area contributed by atoms with Crippen LogP contribution in [-0.4, -0.2) is 17.9 Å². The van der Waals surface area contributed by atoms with Gasteiger partial charge in [0.05, 0.1) is 10.6 Å². The van der Waals surface area contributed by atoms with Crippen molar-refractivity contribution in [2.75, 3.05) is 5.32 Å². The summed E-state index contributed by atoms with van der Waals surface area (Å²) in [4.78, 5) is 27.0. The first-order valence-electron chi connectivity index (χ1n) is 10.6. The topological polar surface area (TPSA) is 58.2 Å². The van der Waals surface area contributed by atoms with Crippen molar-refractivity contribution in [2.24, 2.45) is 11.8 Å². The van der Waals surface area contributed by atoms with Gasteiger partial charge in [0.15, 0.2) is 0 Å². The Kier molecular flexibility index (Phi) is 6.00. The fourth-order valence-electron chi connectivity index (χ4n) is 4.15. The molecule has 0 saturated heterocycles. The molecule has 2 aliphatic rings. The van der Waals surface area contributed by atoms with Gasteiger partial charge in [0.2, 0.25) is 0 Å². The minimum Gasteiger partial charge on any atom is -0.349 e. The summed E-state index contributed by atoms with van der Waals surface area (Å²) in [6, 6.07) is 13.8. The maximum Gasteiger partial charge on any atom is 0.262 e. The second-order valence-corrected chi connectivity index (χ2v) is 9.62. The molecule has 2 N–H and O–H groups in total. The van der Waals surface area contributed by atoms with Gasteiger partial charge in [-0.1, -0.05) is 68.3 Å². The van der Waals surface area contributed by atoms with Crippen LogP contribution >= 0.6 is 11.8 Å². The molecule has 0 aromatic heterocycles. The van der Waals surface area contributed by atoms with Crippen LogP contribution in [0.15, 0.2) is 52.3 Å². The van der Waals surface area contributed by atoms with E-state index in [0.29, 0.717) is 28.0 Å². The van der Waals surface area contributed by atoms with E-state index in [2.05, 4.69) is 24.5 Å². The summed E-state index contributed by atoms with van der Waals surface area (Å²) < 4.78 is 0. The Morgan fingerprint density at radius 3 is 2.67 bits per heavy atom. The van der Waals surface area contributed by atoms with Crippen molar-refractivity contribution in [3.05, 3.63) is 64.1 Å². The van der Waals surface area contributed by atoms with Crippen LogP contribution in [0.2, 0.25) is 0 Å². The van der Waals surface area contributed by atoms with E-state index in [1.165, 1.54) is 23.7 Å². The van der Waals surface area contributed by atoms with Crippen LogP contribution in [0.25, 0.3) is 6.08 Å². The van der Waals surface area contributed by atoms with Crippen molar-refractivity contribution in [1.29, 1.82) is 0 Å². The third kappa shape index (κ3) is 4.46. The number of rotatable bonds is 3. The number of aryl methyl sites for hydroxylation is 1. The second-order valence-electron chi connectivity index (χ2n) is 8.53. The van der Waals surface area contributed by atoms with Gasteiger partial charge < -0.3 is 10.6 Å². The fourth-order valence-corrected chi connectivity index (χ4v) is 5.08. The van der Waals surface area contributed by atoms with Crippen LogP contribution in [0.5, 0.6) is 0 Å². The standard InChI is InChI=1S/C25H28N2O2S/c1-15-7-9-18(10-8-15)13-23-25(29)27-21-14-19(11-12-22(21)30-23)24(28)26-20-6-4-5-16(2)17(20)3/h7-14,16-17,20H,4-6H2,1-3H3,(H,26,28)(H,27,29)/b23-13+. The van der Waals surface area contributed by atoms with E-state index in [9.17, 15) is 9.59 Å². The number of hydrogen-bond donors (Lipinski definition) is 2. The second kappa shape index (κ2) is 8.68. The highest BCUT2D eigenvalue weighted by atomic mass is 32.2. The quantitative estimate of drug-likeness (QED) is 0.632. The number of benzene rings is 2. The zero-order valence-electron chi connectivity index (χ0n) is 17.7. The highest BCUT2D eigenvalue weighted by Gasteiger charge is 2.29. The van der Waals surface area contributed by atoms with E-state index in [0.717, 1.165) is 23.3 Å². The summed E-state index contributed by atoms with van der Waals surface area (Å²) in [6.45, 7) is 6.52. The fraction of sp³-hybridized carbons (Fsp3) is 0.360. The lowest BCUT2D eigenvalue weighted by molar-refractivity contribution is -0.112. The van der Waals surface area contributed by atoms with Crippen molar-refractivity contribution < 1.29 is 9.59 Å². The lowest BCUT2D eigenvalue weighted by atomic mass is 9.78. The molecule has 1 heterocycles. The summed E-state index contributed by atoms with van der Waals surface area (Å²) in [6.07, 6.45) is 5.31. The minimum absolute atomic E-state index is 0.0657. The van der Waals surface area contributed by atoms with Crippen LogP contribution in [0.4, 0.5) is 5.69 Å². The van der Waals surface area contributed by atoms with Crippen LogP contribution in [0.3, 0.4) is 0 Å². The van der Waals surface area contributed by atoms with E-state index in [1.54, 1.807) is 6.07 Å². The van der Waals surface area contributed by atoms with Crippen molar-refractivity contribution in [2.45, 2.75) is 51.0 Å². The van der Waals surface area contributed by atoms with Gasteiger partial charge in [-0.05, 0) is 55.0 Å². The number of fused-ring (bicyclic) bond motifs is 1. The summed E-state index contributed by atoms with van der Waals surface area (Å²) in [5.74, 6) is 0.899. The van der Waals surface area contributed by atoms with E-state index >= 15 is 0 Å². The highest BCUT2D eigenvalue weighted by molar-refractivity contribution is 8.04. The molecule has 1 fully saturated rings. The van der Waals surface area contributed by atoms with E-state index in [4.69, 9.17) is 0 Å².